The van der Waals surface area contributed by atoms with E-state index in [1.807, 2.05) is 6.07 Å². The Bertz CT molecular complexity index is 269. The number of ketones is 1. The molecule has 0 aliphatic rings. The van der Waals surface area contributed by atoms with Crippen molar-refractivity contribution in [3.05, 3.63) is 35.9 Å². The Kier molecular flexibility index (Phi) is 2.81. The van der Waals surface area contributed by atoms with Crippen molar-refractivity contribution in [2.75, 3.05) is 0 Å². The summed E-state index contributed by atoms with van der Waals surface area (Å²) in [6.07, 6.45) is 1.08. The van der Waals surface area contributed by atoms with Gasteiger partial charge in [-0.15, -0.1) is 0 Å². The third-order valence-corrected chi connectivity index (χ3v) is 1.32. The lowest BCUT2D eigenvalue weighted by Crippen LogP contribution is -1.98. The van der Waals surface area contributed by atoms with Gasteiger partial charge in [0.1, 0.15) is 0 Å². The smallest absolute Gasteiger partial charge is 0.205 e. The molecule has 0 spiro atoms. The monoisotopic (exact) mass is 167 g/mol. The van der Waals surface area contributed by atoms with Crippen LogP contribution in [0.3, 0.4) is 0 Å². The molecule has 0 saturated heterocycles. The summed E-state index contributed by atoms with van der Waals surface area (Å²) >= 11 is 4.99. The first-order valence-electron chi connectivity index (χ1n) is 3.08. The fourth-order valence-corrected chi connectivity index (χ4v) is 0.810. The highest BCUT2D eigenvalue weighted by Gasteiger charge is 1.98. The molecule has 0 bridgehead atoms. The second-order valence-electron chi connectivity index (χ2n) is 1.96. The summed E-state index contributed by atoms with van der Waals surface area (Å²) in [5, 5.41) is 0. The number of benzene rings is 1. The van der Waals surface area contributed by atoms with Gasteiger partial charge in [0.05, 0.1) is 6.21 Å². The number of rotatable bonds is 2. The minimum absolute atomic E-state index is 0.180. The predicted molar refractivity (Wildman–Crippen MR) is 45.1 cm³/mol. The molecule has 1 rings (SSSR count). The van der Waals surface area contributed by atoms with Gasteiger partial charge in [-0.1, -0.05) is 30.3 Å². The van der Waals surface area contributed by atoms with E-state index < -0.39 is 0 Å². The van der Waals surface area contributed by atoms with Crippen LogP contribution in [0.5, 0.6) is 0 Å². The van der Waals surface area contributed by atoms with Crippen LogP contribution in [0.15, 0.2) is 34.8 Å². The van der Waals surface area contributed by atoms with Gasteiger partial charge >= 0.3 is 0 Å². The molecule has 2 nitrogen and oxygen atoms in total. The van der Waals surface area contributed by atoms with Crippen LogP contribution < -0.4 is 0 Å². The Morgan fingerprint density at radius 1 is 1.36 bits per heavy atom. The van der Waals surface area contributed by atoms with Crippen LogP contribution in [-0.2, 0) is 0 Å². The van der Waals surface area contributed by atoms with Gasteiger partial charge in [-0.3, -0.25) is 4.79 Å². The van der Waals surface area contributed by atoms with Crippen molar-refractivity contribution in [1.82, 2.24) is 0 Å². The zero-order chi connectivity index (χ0) is 8.10. The number of Topliss-reactive ketones (excluding diaryl/α,β-unsaturated/α-hetero) is 1. The first-order chi connectivity index (χ1) is 5.34. The Balaban J connectivity index is 2.86. The van der Waals surface area contributed by atoms with Crippen molar-refractivity contribution in [3.8, 4) is 0 Å². The summed E-state index contributed by atoms with van der Waals surface area (Å²) in [7, 11) is 0. The van der Waals surface area contributed by atoms with E-state index in [0.29, 0.717) is 5.56 Å². The number of carbonyl (C=O) groups is 1. The van der Waals surface area contributed by atoms with Crippen LogP contribution in [-0.4, -0.2) is 12.0 Å². The molecule has 0 fully saturated rings. The van der Waals surface area contributed by atoms with Crippen molar-refractivity contribution < 1.29 is 4.79 Å². The van der Waals surface area contributed by atoms with Crippen LogP contribution in [0.4, 0.5) is 0 Å². The fourth-order valence-electron chi connectivity index (χ4n) is 0.721. The molecule has 0 unspecified atom stereocenters. The standard InChI is InChI=1S/C8H6ClNO/c9-10-6-8(11)7-4-2-1-3-5-7/h1-6H/b10-6+. The fraction of sp³-hybridized carbons (Fsp3) is 0. The van der Waals surface area contributed by atoms with Crippen LogP contribution in [0.25, 0.3) is 0 Å². The molecule has 0 aliphatic heterocycles. The number of halogens is 1. The van der Waals surface area contributed by atoms with Crippen LogP contribution >= 0.6 is 11.8 Å². The van der Waals surface area contributed by atoms with Crippen molar-refractivity contribution in [3.63, 3.8) is 0 Å². The molecule has 0 aromatic heterocycles. The average Bonchev–Trinajstić information content (AvgIpc) is 2.07. The molecule has 0 atom stereocenters. The zero-order valence-corrected chi connectivity index (χ0v) is 6.45. The van der Waals surface area contributed by atoms with Gasteiger partial charge in [-0.05, 0) is 0 Å². The number of hydrogen-bond donors (Lipinski definition) is 0. The minimum Gasteiger partial charge on any atom is -0.288 e. The summed E-state index contributed by atoms with van der Waals surface area (Å²) in [4.78, 5) is 11.0. The Morgan fingerprint density at radius 2 is 2.00 bits per heavy atom. The average molecular weight is 168 g/mol. The second-order valence-corrected chi connectivity index (χ2v) is 2.15. The highest BCUT2D eigenvalue weighted by molar-refractivity contribution is 6.39. The SMILES string of the molecule is O=C(/C=N/Cl)c1ccccc1. The molecular weight excluding hydrogens is 162 g/mol. The van der Waals surface area contributed by atoms with Gasteiger partial charge in [0, 0.05) is 17.3 Å². The molecule has 0 saturated carbocycles. The topological polar surface area (TPSA) is 29.4 Å². The molecule has 1 aromatic rings. The van der Waals surface area contributed by atoms with Crippen LogP contribution in [0, 0.1) is 0 Å². The molecule has 56 valence electrons. The maximum atomic E-state index is 11.0. The minimum atomic E-state index is -0.180. The molecule has 0 heterocycles. The lowest BCUT2D eigenvalue weighted by Gasteiger charge is -1.90. The first kappa shape index (κ1) is 7.95. The van der Waals surface area contributed by atoms with Gasteiger partial charge in [0.15, 0.2) is 0 Å². The molecule has 11 heavy (non-hydrogen) atoms. The van der Waals surface area contributed by atoms with Gasteiger partial charge in [0.2, 0.25) is 5.78 Å². The van der Waals surface area contributed by atoms with Crippen LogP contribution in [0.2, 0.25) is 0 Å². The van der Waals surface area contributed by atoms with Crippen molar-refractivity contribution in [1.29, 1.82) is 0 Å². The van der Waals surface area contributed by atoms with E-state index in [4.69, 9.17) is 11.8 Å². The maximum Gasteiger partial charge on any atom is 0.205 e. The van der Waals surface area contributed by atoms with Gasteiger partial charge in [-0.25, -0.2) is 0 Å². The van der Waals surface area contributed by atoms with E-state index >= 15 is 0 Å². The molecule has 0 radical (unpaired) electrons. The first-order valence-corrected chi connectivity index (χ1v) is 3.42. The third kappa shape index (κ3) is 2.16. The van der Waals surface area contributed by atoms with E-state index in [1.54, 1.807) is 24.3 Å². The second kappa shape index (κ2) is 3.88. The quantitative estimate of drug-likeness (QED) is 0.490. The van der Waals surface area contributed by atoms with E-state index in [-0.39, 0.29) is 5.78 Å². The van der Waals surface area contributed by atoms with Crippen molar-refractivity contribution >= 4 is 23.8 Å². The molecular formula is C8H6ClNO. The van der Waals surface area contributed by atoms with E-state index in [0.717, 1.165) is 6.21 Å². The molecule has 3 heteroatoms. The highest BCUT2D eigenvalue weighted by Crippen LogP contribution is 1.97. The van der Waals surface area contributed by atoms with Gasteiger partial charge in [0.25, 0.3) is 0 Å². The molecule has 0 N–H and O–H groups in total. The zero-order valence-electron chi connectivity index (χ0n) is 5.70. The Hall–Kier alpha value is -1.15. The summed E-state index contributed by atoms with van der Waals surface area (Å²) < 4.78 is 3.11. The van der Waals surface area contributed by atoms with Crippen molar-refractivity contribution in [2.24, 2.45) is 4.51 Å². The number of hydrogen-bond acceptors (Lipinski definition) is 2. The Labute approximate surface area is 69.6 Å². The normalized spacial score (nSPS) is 10.3. The Morgan fingerprint density at radius 3 is 2.55 bits per heavy atom. The number of nitrogens with zero attached hydrogens (tertiary/aromatic N) is 1. The van der Waals surface area contributed by atoms with Gasteiger partial charge < -0.3 is 0 Å². The van der Waals surface area contributed by atoms with Gasteiger partial charge in [-0.2, -0.15) is 4.51 Å². The third-order valence-electron chi connectivity index (χ3n) is 1.22. The molecule has 0 amide bonds. The molecule has 0 aliphatic carbocycles. The lowest BCUT2D eigenvalue weighted by atomic mass is 10.1. The molecule has 1 aromatic carbocycles. The number of carbonyl (C=O) groups excluding carboxylic acids is 1. The van der Waals surface area contributed by atoms with Crippen LogP contribution in [0.1, 0.15) is 10.4 Å². The summed E-state index contributed by atoms with van der Waals surface area (Å²) in [6.45, 7) is 0. The van der Waals surface area contributed by atoms with E-state index in [1.165, 1.54) is 0 Å². The van der Waals surface area contributed by atoms with Crippen molar-refractivity contribution in [2.45, 2.75) is 0 Å². The summed E-state index contributed by atoms with van der Waals surface area (Å²) in [5.41, 5.74) is 0.594. The largest absolute Gasteiger partial charge is 0.288 e. The predicted octanol–water partition coefficient (Wildman–Crippen LogP) is 2.09. The van der Waals surface area contributed by atoms with E-state index in [2.05, 4.69) is 4.51 Å². The highest BCUT2D eigenvalue weighted by atomic mass is 35.5. The maximum absolute atomic E-state index is 11.0. The summed E-state index contributed by atoms with van der Waals surface area (Å²) in [6, 6.07) is 8.83. The lowest BCUT2D eigenvalue weighted by molar-refractivity contribution is 0.107. The van der Waals surface area contributed by atoms with E-state index in [9.17, 15) is 4.79 Å². The summed E-state index contributed by atoms with van der Waals surface area (Å²) in [5.74, 6) is -0.180.